The van der Waals surface area contributed by atoms with E-state index in [9.17, 15) is 13.2 Å². The summed E-state index contributed by atoms with van der Waals surface area (Å²) in [5, 5.41) is 0.885. The molecule has 0 spiro atoms. The predicted molar refractivity (Wildman–Crippen MR) is 107 cm³/mol. The van der Waals surface area contributed by atoms with Crippen molar-refractivity contribution >= 4 is 27.3 Å². The Balaban J connectivity index is 1.62. The minimum Gasteiger partial charge on any atom is -0.338 e. The van der Waals surface area contributed by atoms with Gasteiger partial charge in [-0.1, -0.05) is 17.7 Å². The van der Waals surface area contributed by atoms with Gasteiger partial charge in [-0.25, -0.2) is 18.1 Å². The molecular formula is C19H25N3O3S2. The number of thiazole rings is 1. The molecule has 27 heavy (non-hydrogen) atoms. The van der Waals surface area contributed by atoms with Crippen molar-refractivity contribution in [2.45, 2.75) is 38.5 Å². The van der Waals surface area contributed by atoms with Crippen molar-refractivity contribution in [3.8, 4) is 0 Å². The second kappa shape index (κ2) is 8.08. The van der Waals surface area contributed by atoms with Gasteiger partial charge >= 0.3 is 0 Å². The molecule has 1 saturated heterocycles. The lowest BCUT2D eigenvalue weighted by Crippen LogP contribution is -2.43. The SMILES string of the molecule is Cc1ccc(S(=O)(=O)NCC2CCCN(C(=O)c3sc(C)nc3C)C2)cc1. The summed E-state index contributed by atoms with van der Waals surface area (Å²) in [6.07, 6.45) is 1.78. The van der Waals surface area contributed by atoms with Crippen LogP contribution >= 0.6 is 11.3 Å². The Morgan fingerprint density at radius 1 is 1.26 bits per heavy atom. The molecule has 2 aromatic rings. The lowest BCUT2D eigenvalue weighted by molar-refractivity contribution is 0.0680. The van der Waals surface area contributed by atoms with Crippen molar-refractivity contribution in [1.82, 2.24) is 14.6 Å². The zero-order valence-corrected chi connectivity index (χ0v) is 17.5. The van der Waals surface area contributed by atoms with Crippen LogP contribution in [0.5, 0.6) is 0 Å². The van der Waals surface area contributed by atoms with E-state index in [0.29, 0.717) is 24.5 Å². The number of aryl methyl sites for hydroxylation is 3. The largest absolute Gasteiger partial charge is 0.338 e. The molecule has 1 aromatic carbocycles. The first-order valence-corrected chi connectivity index (χ1v) is 11.4. The highest BCUT2D eigenvalue weighted by molar-refractivity contribution is 7.89. The van der Waals surface area contributed by atoms with Gasteiger partial charge in [-0.05, 0) is 51.7 Å². The molecule has 6 nitrogen and oxygen atoms in total. The summed E-state index contributed by atoms with van der Waals surface area (Å²) in [6, 6.07) is 6.80. The summed E-state index contributed by atoms with van der Waals surface area (Å²) in [5.41, 5.74) is 1.79. The van der Waals surface area contributed by atoms with Crippen LogP contribution in [-0.2, 0) is 10.0 Å². The molecular weight excluding hydrogens is 382 g/mol. The van der Waals surface area contributed by atoms with Gasteiger partial charge in [-0.2, -0.15) is 0 Å². The smallest absolute Gasteiger partial charge is 0.265 e. The van der Waals surface area contributed by atoms with Gasteiger partial charge in [-0.15, -0.1) is 11.3 Å². The molecule has 3 rings (SSSR count). The van der Waals surface area contributed by atoms with E-state index in [4.69, 9.17) is 0 Å². The van der Waals surface area contributed by atoms with Crippen LogP contribution in [0.3, 0.4) is 0 Å². The van der Waals surface area contributed by atoms with Crippen LogP contribution in [0.2, 0.25) is 0 Å². The van der Waals surface area contributed by atoms with E-state index in [1.165, 1.54) is 11.3 Å². The molecule has 0 aliphatic carbocycles. The Bertz CT molecular complexity index is 920. The summed E-state index contributed by atoms with van der Waals surface area (Å²) in [5.74, 6) is 0.112. The number of benzene rings is 1. The van der Waals surface area contributed by atoms with Gasteiger partial charge in [0.25, 0.3) is 5.91 Å². The fourth-order valence-electron chi connectivity index (χ4n) is 3.32. The molecule has 1 atom stereocenters. The minimum absolute atomic E-state index is 0.00388. The first kappa shape index (κ1) is 20.0. The zero-order valence-electron chi connectivity index (χ0n) is 15.9. The van der Waals surface area contributed by atoms with Gasteiger partial charge in [0.1, 0.15) is 4.88 Å². The van der Waals surface area contributed by atoms with E-state index in [-0.39, 0.29) is 16.7 Å². The van der Waals surface area contributed by atoms with Gasteiger partial charge in [0.15, 0.2) is 0 Å². The summed E-state index contributed by atoms with van der Waals surface area (Å²) < 4.78 is 27.6. The number of sulfonamides is 1. The van der Waals surface area contributed by atoms with Gasteiger partial charge in [0.2, 0.25) is 10.0 Å². The maximum atomic E-state index is 12.8. The molecule has 1 aromatic heterocycles. The van der Waals surface area contributed by atoms with Crippen molar-refractivity contribution < 1.29 is 13.2 Å². The number of likely N-dealkylation sites (tertiary alicyclic amines) is 1. The first-order chi connectivity index (χ1) is 12.8. The van der Waals surface area contributed by atoms with Crippen molar-refractivity contribution in [3.63, 3.8) is 0 Å². The van der Waals surface area contributed by atoms with Crippen LogP contribution in [0, 0.1) is 26.7 Å². The molecule has 1 N–H and O–H groups in total. The van der Waals surface area contributed by atoms with Gasteiger partial charge in [0.05, 0.1) is 15.6 Å². The number of nitrogens with zero attached hydrogens (tertiary/aromatic N) is 2. The normalized spacial score (nSPS) is 17.9. The lowest BCUT2D eigenvalue weighted by atomic mass is 9.98. The molecule has 2 heterocycles. The second-order valence-electron chi connectivity index (χ2n) is 7.07. The number of hydrogen-bond acceptors (Lipinski definition) is 5. The number of rotatable bonds is 5. The number of hydrogen-bond donors (Lipinski definition) is 1. The molecule has 1 aliphatic rings. The van der Waals surface area contributed by atoms with E-state index < -0.39 is 10.0 Å². The summed E-state index contributed by atoms with van der Waals surface area (Å²) in [4.78, 5) is 19.9. The fourth-order valence-corrected chi connectivity index (χ4v) is 5.32. The summed E-state index contributed by atoms with van der Waals surface area (Å²) in [7, 11) is -3.53. The number of nitrogens with one attached hydrogen (secondary N) is 1. The Morgan fingerprint density at radius 2 is 1.96 bits per heavy atom. The molecule has 8 heteroatoms. The quantitative estimate of drug-likeness (QED) is 0.827. The van der Waals surface area contributed by atoms with Crippen LogP contribution < -0.4 is 4.72 Å². The van der Waals surface area contributed by atoms with E-state index in [1.807, 2.05) is 25.7 Å². The van der Waals surface area contributed by atoms with E-state index in [1.54, 1.807) is 24.3 Å². The van der Waals surface area contributed by atoms with Gasteiger partial charge < -0.3 is 4.90 Å². The van der Waals surface area contributed by atoms with Crippen molar-refractivity contribution in [2.75, 3.05) is 19.6 Å². The third kappa shape index (κ3) is 4.75. The first-order valence-electron chi connectivity index (χ1n) is 9.06. The molecule has 1 fully saturated rings. The standard InChI is InChI=1S/C19H25N3O3S2/c1-13-6-8-17(9-7-13)27(24,25)20-11-16-5-4-10-22(12-16)19(23)18-14(2)21-15(3)26-18/h6-9,16,20H,4-5,10-12H2,1-3H3. The Kier molecular flexibility index (Phi) is 5.98. The Morgan fingerprint density at radius 3 is 2.59 bits per heavy atom. The van der Waals surface area contributed by atoms with E-state index in [2.05, 4.69) is 9.71 Å². The van der Waals surface area contributed by atoms with Crippen LogP contribution in [0.4, 0.5) is 0 Å². The number of aromatic nitrogens is 1. The lowest BCUT2D eigenvalue weighted by Gasteiger charge is -2.32. The highest BCUT2D eigenvalue weighted by Crippen LogP contribution is 2.23. The highest BCUT2D eigenvalue weighted by atomic mass is 32.2. The third-order valence-corrected chi connectivity index (χ3v) is 7.30. The summed E-state index contributed by atoms with van der Waals surface area (Å²) >= 11 is 1.42. The zero-order chi connectivity index (χ0) is 19.6. The van der Waals surface area contributed by atoms with Crippen molar-refractivity contribution in [2.24, 2.45) is 5.92 Å². The number of carbonyl (C=O) groups excluding carboxylic acids is 1. The molecule has 0 bridgehead atoms. The highest BCUT2D eigenvalue weighted by Gasteiger charge is 2.27. The monoisotopic (exact) mass is 407 g/mol. The van der Waals surface area contributed by atoms with E-state index in [0.717, 1.165) is 29.1 Å². The van der Waals surface area contributed by atoms with Crippen molar-refractivity contribution in [3.05, 3.63) is 45.4 Å². The van der Waals surface area contributed by atoms with Crippen LogP contribution in [0.15, 0.2) is 29.2 Å². The van der Waals surface area contributed by atoms with Gasteiger partial charge in [0, 0.05) is 19.6 Å². The molecule has 1 unspecified atom stereocenters. The Labute approximate surface area is 164 Å². The van der Waals surface area contributed by atoms with Crippen LogP contribution in [-0.4, -0.2) is 43.8 Å². The Hall–Kier alpha value is -1.77. The molecule has 0 saturated carbocycles. The van der Waals surface area contributed by atoms with Gasteiger partial charge in [-0.3, -0.25) is 4.79 Å². The number of piperidine rings is 1. The minimum atomic E-state index is -3.53. The molecule has 1 amide bonds. The predicted octanol–water partition coefficient (Wildman–Crippen LogP) is 2.90. The van der Waals surface area contributed by atoms with Crippen molar-refractivity contribution in [1.29, 1.82) is 0 Å². The van der Waals surface area contributed by atoms with Crippen LogP contribution in [0.25, 0.3) is 0 Å². The molecule has 1 aliphatic heterocycles. The maximum absolute atomic E-state index is 12.8. The number of carbonyl (C=O) groups is 1. The average molecular weight is 408 g/mol. The molecule has 146 valence electrons. The average Bonchev–Trinajstić information content (AvgIpc) is 2.98. The third-order valence-electron chi connectivity index (χ3n) is 4.80. The summed E-state index contributed by atoms with van der Waals surface area (Å²) in [6.45, 7) is 7.27. The van der Waals surface area contributed by atoms with E-state index >= 15 is 0 Å². The van der Waals surface area contributed by atoms with Crippen LogP contribution in [0.1, 0.15) is 38.8 Å². The number of amides is 1. The molecule has 0 radical (unpaired) electrons. The topological polar surface area (TPSA) is 79.4 Å². The second-order valence-corrected chi connectivity index (χ2v) is 10.0. The fraction of sp³-hybridized carbons (Fsp3) is 0.474. The maximum Gasteiger partial charge on any atom is 0.265 e.